The van der Waals surface area contributed by atoms with E-state index in [2.05, 4.69) is 31.2 Å². The van der Waals surface area contributed by atoms with Gasteiger partial charge >= 0.3 is 0 Å². The number of aromatic nitrogens is 2. The molecule has 0 saturated carbocycles. The third-order valence-electron chi connectivity index (χ3n) is 4.67. The van der Waals surface area contributed by atoms with E-state index in [4.69, 9.17) is 16.0 Å². The number of amides is 1. The highest BCUT2D eigenvalue weighted by Crippen LogP contribution is 2.22. The molecule has 1 amide bonds. The maximum atomic E-state index is 12.4. The summed E-state index contributed by atoms with van der Waals surface area (Å²) in [7, 11) is 0. The monoisotopic (exact) mass is 397 g/mol. The van der Waals surface area contributed by atoms with Crippen molar-refractivity contribution < 1.29 is 9.21 Å². The number of benzene rings is 1. The summed E-state index contributed by atoms with van der Waals surface area (Å²) >= 11 is 6.10. The van der Waals surface area contributed by atoms with Gasteiger partial charge in [0.15, 0.2) is 0 Å². The van der Waals surface area contributed by atoms with E-state index in [-0.39, 0.29) is 5.91 Å². The van der Waals surface area contributed by atoms with Crippen LogP contribution in [0.4, 0.5) is 11.5 Å². The van der Waals surface area contributed by atoms with Gasteiger partial charge in [-0.1, -0.05) is 17.7 Å². The van der Waals surface area contributed by atoms with Crippen LogP contribution in [0.1, 0.15) is 16.2 Å². The predicted octanol–water partition coefficient (Wildman–Crippen LogP) is 2.98. The Morgan fingerprint density at radius 1 is 1.07 bits per heavy atom. The molecule has 1 saturated heterocycles. The van der Waals surface area contributed by atoms with Crippen LogP contribution in [0.3, 0.4) is 0 Å². The second kappa shape index (κ2) is 8.31. The van der Waals surface area contributed by atoms with Crippen LogP contribution in [0, 0.1) is 0 Å². The van der Waals surface area contributed by atoms with Crippen LogP contribution in [-0.4, -0.2) is 42.1 Å². The predicted molar refractivity (Wildman–Crippen MR) is 108 cm³/mol. The van der Waals surface area contributed by atoms with E-state index in [1.807, 2.05) is 24.3 Å². The number of rotatable bonds is 5. The van der Waals surface area contributed by atoms with Gasteiger partial charge in [-0.2, -0.15) is 0 Å². The first-order valence-corrected chi connectivity index (χ1v) is 9.45. The highest BCUT2D eigenvalue weighted by atomic mass is 35.5. The molecule has 0 radical (unpaired) electrons. The number of piperazine rings is 1. The lowest BCUT2D eigenvalue weighted by atomic mass is 10.2. The van der Waals surface area contributed by atoms with Crippen molar-refractivity contribution in [2.24, 2.45) is 0 Å². The van der Waals surface area contributed by atoms with Crippen LogP contribution in [0.5, 0.6) is 0 Å². The maximum Gasteiger partial charge on any atom is 0.270 e. The Balaban J connectivity index is 1.37. The van der Waals surface area contributed by atoms with Gasteiger partial charge in [-0.05, 0) is 30.3 Å². The Kier molecular flexibility index (Phi) is 5.43. The lowest BCUT2D eigenvalue weighted by molar-refractivity contribution is 0.0943. The lowest BCUT2D eigenvalue weighted by Crippen LogP contribution is -2.47. The first-order valence-electron chi connectivity index (χ1n) is 9.07. The number of hydrogen-bond donors (Lipinski definition) is 1. The van der Waals surface area contributed by atoms with Crippen molar-refractivity contribution in [3.63, 3.8) is 0 Å². The van der Waals surface area contributed by atoms with E-state index in [9.17, 15) is 4.79 Å². The van der Waals surface area contributed by atoms with Gasteiger partial charge in [-0.15, -0.1) is 0 Å². The van der Waals surface area contributed by atoms with Crippen LogP contribution < -0.4 is 15.1 Å². The number of carbonyl (C=O) groups excluding carboxylic acids is 1. The molecule has 3 heterocycles. The Morgan fingerprint density at radius 2 is 1.89 bits per heavy atom. The number of nitrogens with zero attached hydrogens (tertiary/aromatic N) is 4. The maximum absolute atomic E-state index is 12.4. The Hall–Kier alpha value is -3.06. The average Bonchev–Trinajstić information content (AvgIpc) is 3.26. The quantitative estimate of drug-likeness (QED) is 0.713. The molecular formula is C20H20ClN5O2. The average molecular weight is 398 g/mol. The van der Waals surface area contributed by atoms with E-state index in [0.29, 0.717) is 18.0 Å². The number of furan rings is 1. The van der Waals surface area contributed by atoms with E-state index in [1.54, 1.807) is 18.4 Å². The van der Waals surface area contributed by atoms with Crippen LogP contribution in [0.25, 0.3) is 0 Å². The van der Waals surface area contributed by atoms with E-state index >= 15 is 0 Å². The second-order valence-corrected chi connectivity index (χ2v) is 6.91. The molecule has 1 N–H and O–H groups in total. The molecule has 0 bridgehead atoms. The molecule has 144 valence electrons. The van der Waals surface area contributed by atoms with Crippen molar-refractivity contribution in [2.75, 3.05) is 36.0 Å². The van der Waals surface area contributed by atoms with Crippen molar-refractivity contribution >= 4 is 29.0 Å². The third kappa shape index (κ3) is 4.26. The highest BCUT2D eigenvalue weighted by molar-refractivity contribution is 6.30. The highest BCUT2D eigenvalue weighted by Gasteiger charge is 2.20. The topological polar surface area (TPSA) is 74.5 Å². The number of nitrogens with one attached hydrogen (secondary N) is 1. The van der Waals surface area contributed by atoms with Crippen LogP contribution >= 0.6 is 11.6 Å². The van der Waals surface area contributed by atoms with Crippen molar-refractivity contribution in [1.29, 1.82) is 0 Å². The van der Waals surface area contributed by atoms with Gasteiger partial charge in [0.05, 0.1) is 12.8 Å². The minimum absolute atomic E-state index is 0.252. The van der Waals surface area contributed by atoms with Crippen molar-refractivity contribution in [3.05, 3.63) is 71.5 Å². The van der Waals surface area contributed by atoms with Crippen LogP contribution in [-0.2, 0) is 6.54 Å². The van der Waals surface area contributed by atoms with Gasteiger partial charge in [0, 0.05) is 43.0 Å². The first kappa shape index (κ1) is 18.3. The third-order valence-corrected chi connectivity index (χ3v) is 4.90. The van der Waals surface area contributed by atoms with Crippen molar-refractivity contribution in [3.8, 4) is 0 Å². The SMILES string of the molecule is O=C(NCc1ccco1)c1cc(N2CCN(c3cccc(Cl)c3)CC2)ncn1. The fourth-order valence-electron chi connectivity index (χ4n) is 3.18. The Labute approximate surface area is 167 Å². The summed E-state index contributed by atoms with van der Waals surface area (Å²) in [6, 6.07) is 13.2. The minimum Gasteiger partial charge on any atom is -0.467 e. The summed E-state index contributed by atoms with van der Waals surface area (Å²) in [4.78, 5) is 25.3. The largest absolute Gasteiger partial charge is 0.467 e. The van der Waals surface area contributed by atoms with Crippen molar-refractivity contribution in [2.45, 2.75) is 6.54 Å². The molecular weight excluding hydrogens is 378 g/mol. The molecule has 28 heavy (non-hydrogen) atoms. The van der Waals surface area contributed by atoms with E-state index < -0.39 is 0 Å². The lowest BCUT2D eigenvalue weighted by Gasteiger charge is -2.36. The van der Waals surface area contributed by atoms with Gasteiger partial charge in [0.2, 0.25) is 0 Å². The zero-order valence-corrected chi connectivity index (χ0v) is 16.0. The van der Waals surface area contributed by atoms with Gasteiger partial charge in [0.25, 0.3) is 5.91 Å². The molecule has 0 atom stereocenters. The summed E-state index contributed by atoms with van der Waals surface area (Å²) in [6.07, 6.45) is 3.01. The van der Waals surface area contributed by atoms with E-state index in [1.165, 1.54) is 6.33 Å². The Bertz CT molecular complexity index is 939. The summed E-state index contributed by atoms with van der Waals surface area (Å²) in [6.45, 7) is 3.63. The molecule has 1 fully saturated rings. The number of halogens is 1. The smallest absolute Gasteiger partial charge is 0.270 e. The number of carbonyl (C=O) groups is 1. The fourth-order valence-corrected chi connectivity index (χ4v) is 3.37. The first-order chi connectivity index (χ1) is 13.7. The molecule has 0 aliphatic carbocycles. The fraction of sp³-hybridized carbons (Fsp3) is 0.250. The molecule has 1 aliphatic rings. The van der Waals surface area contributed by atoms with Crippen molar-refractivity contribution in [1.82, 2.24) is 15.3 Å². The van der Waals surface area contributed by atoms with Crippen LogP contribution in [0.2, 0.25) is 5.02 Å². The summed E-state index contributed by atoms with van der Waals surface area (Å²) < 4.78 is 5.22. The molecule has 8 heteroatoms. The normalized spacial score (nSPS) is 14.2. The number of anilines is 2. The zero-order chi connectivity index (χ0) is 19.3. The minimum atomic E-state index is -0.252. The molecule has 7 nitrogen and oxygen atoms in total. The number of hydrogen-bond acceptors (Lipinski definition) is 6. The van der Waals surface area contributed by atoms with Gasteiger partial charge in [-0.25, -0.2) is 9.97 Å². The summed E-state index contributed by atoms with van der Waals surface area (Å²) in [5, 5.41) is 3.54. The summed E-state index contributed by atoms with van der Waals surface area (Å²) in [5.74, 6) is 1.20. The van der Waals surface area contributed by atoms with Crippen LogP contribution in [0.15, 0.2) is 59.5 Å². The standard InChI is InChI=1S/C20H20ClN5O2/c21-15-3-1-4-16(11-15)25-6-8-26(9-7-25)19-12-18(23-14-24-19)20(27)22-13-17-5-2-10-28-17/h1-5,10-12,14H,6-9,13H2,(H,22,27). The second-order valence-electron chi connectivity index (χ2n) is 6.48. The molecule has 1 aliphatic heterocycles. The zero-order valence-electron chi connectivity index (χ0n) is 15.2. The van der Waals surface area contributed by atoms with Gasteiger partial charge < -0.3 is 19.5 Å². The van der Waals surface area contributed by atoms with E-state index in [0.717, 1.165) is 42.7 Å². The molecule has 4 rings (SSSR count). The molecule has 1 aromatic carbocycles. The summed E-state index contributed by atoms with van der Waals surface area (Å²) in [5.41, 5.74) is 1.46. The molecule has 0 unspecified atom stereocenters. The van der Waals surface area contributed by atoms with Gasteiger partial charge in [-0.3, -0.25) is 4.79 Å². The molecule has 2 aromatic heterocycles. The van der Waals surface area contributed by atoms with Gasteiger partial charge in [0.1, 0.15) is 23.6 Å². The molecule has 3 aromatic rings. The Morgan fingerprint density at radius 3 is 2.64 bits per heavy atom. The molecule has 0 spiro atoms.